The fourth-order valence-corrected chi connectivity index (χ4v) is 3.59. The molecule has 1 aromatic carbocycles. The van der Waals surface area contributed by atoms with E-state index in [0.717, 1.165) is 0 Å². The zero-order valence-electron chi connectivity index (χ0n) is 14.0. The Hall–Kier alpha value is -1.51. The monoisotopic (exact) mass is 375 g/mol. The fraction of sp³-hybridized carbons (Fsp3) is 0.533. The van der Waals surface area contributed by atoms with Crippen molar-refractivity contribution < 1.29 is 17.9 Å². The third-order valence-corrected chi connectivity index (χ3v) is 5.08. The van der Waals surface area contributed by atoms with Crippen molar-refractivity contribution in [3.05, 3.63) is 29.3 Å². The summed E-state index contributed by atoms with van der Waals surface area (Å²) in [6.07, 6.45) is -0.428. The Balaban J connectivity index is 1.94. The molecular weight excluding hydrogens is 354 g/mol. The molecule has 0 saturated carbocycles. The lowest BCUT2D eigenvalue weighted by Crippen LogP contribution is -2.52. The second-order valence-corrected chi connectivity index (χ2v) is 8.59. The number of anilines is 1. The molecular formula is C15H22ClN3O4S. The van der Waals surface area contributed by atoms with Crippen molar-refractivity contribution in [3.8, 4) is 0 Å². The van der Waals surface area contributed by atoms with E-state index >= 15 is 0 Å². The Morgan fingerprint density at radius 3 is 2.38 bits per heavy atom. The van der Waals surface area contributed by atoms with Crippen LogP contribution >= 0.6 is 11.6 Å². The van der Waals surface area contributed by atoms with Gasteiger partial charge >= 0.3 is 16.3 Å². The summed E-state index contributed by atoms with van der Waals surface area (Å²) in [6.45, 7) is 6.35. The molecule has 24 heavy (non-hydrogen) atoms. The van der Waals surface area contributed by atoms with Gasteiger partial charge in [-0.15, -0.1) is 0 Å². The summed E-state index contributed by atoms with van der Waals surface area (Å²) >= 11 is 5.86. The van der Waals surface area contributed by atoms with Crippen molar-refractivity contribution in [1.82, 2.24) is 9.21 Å². The average Bonchev–Trinajstić information content (AvgIpc) is 2.45. The van der Waals surface area contributed by atoms with Crippen LogP contribution in [0.4, 0.5) is 10.5 Å². The molecule has 1 amide bonds. The van der Waals surface area contributed by atoms with Gasteiger partial charge in [0.05, 0.1) is 5.69 Å². The van der Waals surface area contributed by atoms with Crippen molar-refractivity contribution in [1.29, 1.82) is 0 Å². The molecule has 1 aromatic rings. The Labute approximate surface area is 147 Å². The molecule has 7 nitrogen and oxygen atoms in total. The molecule has 0 aromatic heterocycles. The molecule has 1 aliphatic heterocycles. The number of rotatable bonds is 3. The Bertz CT molecular complexity index is 695. The number of amides is 1. The minimum absolute atomic E-state index is 0.204. The fourth-order valence-electron chi connectivity index (χ4n) is 2.20. The van der Waals surface area contributed by atoms with Crippen LogP contribution < -0.4 is 4.72 Å². The van der Waals surface area contributed by atoms with Gasteiger partial charge in [0, 0.05) is 31.2 Å². The number of ether oxygens (including phenoxy) is 1. The first-order chi connectivity index (χ1) is 11.1. The molecule has 0 aliphatic carbocycles. The SMILES string of the molecule is CC(C)(C)OC(=O)N1CCN(S(=O)(=O)Nc2cccc(Cl)c2)CC1. The smallest absolute Gasteiger partial charge is 0.410 e. The topological polar surface area (TPSA) is 79.0 Å². The second kappa shape index (κ2) is 7.16. The molecule has 134 valence electrons. The van der Waals surface area contributed by atoms with E-state index < -0.39 is 21.9 Å². The first-order valence-electron chi connectivity index (χ1n) is 7.58. The number of carbonyl (C=O) groups excluding carboxylic acids is 1. The van der Waals surface area contributed by atoms with Crippen LogP contribution in [-0.4, -0.2) is 55.5 Å². The lowest BCUT2D eigenvalue weighted by Gasteiger charge is -2.34. The molecule has 2 rings (SSSR count). The molecule has 1 N–H and O–H groups in total. The van der Waals surface area contributed by atoms with Gasteiger partial charge in [-0.1, -0.05) is 17.7 Å². The van der Waals surface area contributed by atoms with Crippen molar-refractivity contribution in [3.63, 3.8) is 0 Å². The molecule has 0 spiro atoms. The molecule has 1 saturated heterocycles. The summed E-state index contributed by atoms with van der Waals surface area (Å²) < 4.78 is 33.9. The Morgan fingerprint density at radius 1 is 1.21 bits per heavy atom. The molecule has 0 bridgehead atoms. The number of hydrogen-bond acceptors (Lipinski definition) is 4. The van der Waals surface area contributed by atoms with E-state index in [0.29, 0.717) is 10.7 Å². The summed E-state index contributed by atoms with van der Waals surface area (Å²) in [7, 11) is -3.69. The van der Waals surface area contributed by atoms with E-state index in [2.05, 4.69) is 4.72 Å². The van der Waals surface area contributed by atoms with Crippen LogP contribution in [0.2, 0.25) is 5.02 Å². The number of nitrogens with zero attached hydrogens (tertiary/aromatic N) is 2. The first-order valence-corrected chi connectivity index (χ1v) is 9.40. The number of benzene rings is 1. The normalized spacial score (nSPS) is 16.8. The average molecular weight is 376 g/mol. The first kappa shape index (κ1) is 18.8. The van der Waals surface area contributed by atoms with Crippen LogP contribution in [0.3, 0.4) is 0 Å². The van der Waals surface area contributed by atoms with Crippen LogP contribution in [0, 0.1) is 0 Å². The highest BCUT2D eigenvalue weighted by Gasteiger charge is 2.31. The highest BCUT2D eigenvalue weighted by atomic mass is 35.5. The lowest BCUT2D eigenvalue weighted by atomic mass is 10.2. The molecule has 9 heteroatoms. The summed E-state index contributed by atoms with van der Waals surface area (Å²) in [5.74, 6) is 0. The number of hydrogen-bond donors (Lipinski definition) is 1. The third kappa shape index (κ3) is 5.25. The Morgan fingerprint density at radius 2 is 1.83 bits per heavy atom. The van der Waals surface area contributed by atoms with E-state index in [1.807, 2.05) is 0 Å². The molecule has 0 atom stereocenters. The molecule has 0 radical (unpaired) electrons. The maximum Gasteiger partial charge on any atom is 0.410 e. The van der Waals surface area contributed by atoms with E-state index in [1.165, 1.54) is 15.3 Å². The number of nitrogens with one attached hydrogen (secondary N) is 1. The van der Waals surface area contributed by atoms with Crippen molar-refractivity contribution in [2.75, 3.05) is 30.9 Å². The standard InChI is InChI=1S/C15H22ClN3O4S/c1-15(2,3)23-14(20)18-7-9-19(10-8-18)24(21,22)17-13-6-4-5-12(16)11-13/h4-6,11,17H,7-10H2,1-3H3. The van der Waals surface area contributed by atoms with Crippen molar-refractivity contribution in [2.45, 2.75) is 26.4 Å². The number of halogens is 1. The molecule has 1 fully saturated rings. The number of piperazine rings is 1. The van der Waals surface area contributed by atoms with Gasteiger partial charge in [-0.25, -0.2) is 4.79 Å². The number of carbonyl (C=O) groups is 1. The minimum Gasteiger partial charge on any atom is -0.444 e. The van der Waals surface area contributed by atoms with Gasteiger partial charge in [0.25, 0.3) is 0 Å². The van der Waals surface area contributed by atoms with Crippen molar-refractivity contribution >= 4 is 33.6 Å². The zero-order valence-corrected chi connectivity index (χ0v) is 15.5. The predicted molar refractivity (Wildman–Crippen MR) is 93.4 cm³/mol. The van der Waals surface area contributed by atoms with E-state index in [4.69, 9.17) is 16.3 Å². The van der Waals surface area contributed by atoms with Gasteiger partial charge in [0.1, 0.15) is 5.60 Å². The highest BCUT2D eigenvalue weighted by Crippen LogP contribution is 2.18. The molecule has 1 heterocycles. The van der Waals surface area contributed by atoms with Crippen LogP contribution in [0.1, 0.15) is 20.8 Å². The Kier molecular flexibility index (Phi) is 5.62. The van der Waals surface area contributed by atoms with Crippen molar-refractivity contribution in [2.24, 2.45) is 0 Å². The van der Waals surface area contributed by atoms with E-state index in [1.54, 1.807) is 39.0 Å². The minimum atomic E-state index is -3.69. The highest BCUT2D eigenvalue weighted by molar-refractivity contribution is 7.90. The van der Waals surface area contributed by atoms with Gasteiger partial charge in [-0.05, 0) is 39.0 Å². The summed E-state index contributed by atoms with van der Waals surface area (Å²) in [6, 6.07) is 6.50. The summed E-state index contributed by atoms with van der Waals surface area (Å²) in [5.41, 5.74) is -0.175. The second-order valence-electron chi connectivity index (χ2n) is 6.48. The van der Waals surface area contributed by atoms with Gasteiger partial charge in [0.15, 0.2) is 0 Å². The van der Waals surface area contributed by atoms with E-state index in [-0.39, 0.29) is 26.2 Å². The predicted octanol–water partition coefficient (Wildman–Crippen LogP) is 2.55. The quantitative estimate of drug-likeness (QED) is 0.880. The summed E-state index contributed by atoms with van der Waals surface area (Å²) in [5, 5.41) is 0.449. The van der Waals surface area contributed by atoms with Gasteiger partial charge in [0.2, 0.25) is 0 Å². The molecule has 0 unspecified atom stereocenters. The van der Waals surface area contributed by atoms with Crippen LogP contribution in [0.5, 0.6) is 0 Å². The molecule has 1 aliphatic rings. The van der Waals surface area contributed by atoms with Crippen LogP contribution in [0.25, 0.3) is 0 Å². The summed E-state index contributed by atoms with van der Waals surface area (Å²) in [4.78, 5) is 13.5. The van der Waals surface area contributed by atoms with Crippen LogP contribution in [0.15, 0.2) is 24.3 Å². The largest absolute Gasteiger partial charge is 0.444 e. The zero-order chi connectivity index (χ0) is 18.0. The third-order valence-electron chi connectivity index (χ3n) is 3.30. The van der Waals surface area contributed by atoms with Gasteiger partial charge in [-0.2, -0.15) is 12.7 Å². The van der Waals surface area contributed by atoms with Crippen LogP contribution in [-0.2, 0) is 14.9 Å². The van der Waals surface area contributed by atoms with Gasteiger partial charge < -0.3 is 9.64 Å². The lowest BCUT2D eigenvalue weighted by molar-refractivity contribution is 0.0193. The maximum atomic E-state index is 12.4. The maximum absolute atomic E-state index is 12.4. The van der Waals surface area contributed by atoms with E-state index in [9.17, 15) is 13.2 Å². The van der Waals surface area contributed by atoms with Gasteiger partial charge in [-0.3, -0.25) is 4.72 Å².